The van der Waals surface area contributed by atoms with E-state index in [-0.39, 0.29) is 1.43 Å². The molecule has 2 heteroatoms. The van der Waals surface area contributed by atoms with Crippen molar-refractivity contribution in [2.75, 3.05) is 33.2 Å². The molecule has 0 aromatic carbocycles. The molecule has 0 aromatic rings. The molecular weight excluding hydrogens is 88.1 g/mol. The lowest BCUT2D eigenvalue weighted by atomic mass is 10.4. The van der Waals surface area contributed by atoms with Crippen molar-refractivity contribution in [1.82, 2.24) is 10.2 Å². The molecule has 0 bridgehead atoms. The normalized spacial score (nSPS) is 25.3. The van der Waals surface area contributed by atoms with E-state index in [9.17, 15) is 0 Å². The van der Waals surface area contributed by atoms with Gasteiger partial charge in [-0.15, -0.1) is 0 Å². The van der Waals surface area contributed by atoms with Crippen LogP contribution in [0.5, 0.6) is 0 Å². The molecule has 0 aromatic heterocycles. The highest BCUT2D eigenvalue weighted by Crippen LogP contribution is 1.82. The van der Waals surface area contributed by atoms with Crippen LogP contribution in [0, 0.1) is 0 Å². The zero-order chi connectivity index (χ0) is 5.11. The van der Waals surface area contributed by atoms with Crippen molar-refractivity contribution in [2.45, 2.75) is 0 Å². The largest absolute Gasteiger partial charge is 0.314 e. The van der Waals surface area contributed by atoms with Gasteiger partial charge in [-0.1, -0.05) is 0 Å². The fraction of sp³-hybridized carbons (Fsp3) is 1.00. The summed E-state index contributed by atoms with van der Waals surface area (Å²) >= 11 is 0. The second-order valence-electron chi connectivity index (χ2n) is 2.05. The van der Waals surface area contributed by atoms with Crippen LogP contribution in [0.25, 0.3) is 0 Å². The van der Waals surface area contributed by atoms with E-state index in [2.05, 4.69) is 17.3 Å². The maximum atomic E-state index is 3.27. The molecule has 0 atom stereocenters. The summed E-state index contributed by atoms with van der Waals surface area (Å²) in [4.78, 5) is 2.33. The van der Waals surface area contributed by atoms with E-state index in [1.54, 1.807) is 0 Å². The number of rotatable bonds is 0. The zero-order valence-corrected chi connectivity index (χ0v) is 4.78. The SMILES string of the molecule is CN1CCNCC1.[HH]. The van der Waals surface area contributed by atoms with Gasteiger partial charge >= 0.3 is 0 Å². The van der Waals surface area contributed by atoms with E-state index in [1.807, 2.05) is 0 Å². The van der Waals surface area contributed by atoms with Crippen LogP contribution in [-0.4, -0.2) is 38.1 Å². The van der Waals surface area contributed by atoms with Gasteiger partial charge in [0.25, 0.3) is 0 Å². The zero-order valence-electron chi connectivity index (χ0n) is 4.78. The first-order valence-corrected chi connectivity index (χ1v) is 2.79. The lowest BCUT2D eigenvalue weighted by Gasteiger charge is -2.21. The highest BCUT2D eigenvalue weighted by atomic mass is 15.2. The number of piperazine rings is 1. The monoisotopic (exact) mass is 102 g/mol. The van der Waals surface area contributed by atoms with Crippen LogP contribution < -0.4 is 5.32 Å². The van der Waals surface area contributed by atoms with Gasteiger partial charge in [-0.3, -0.25) is 0 Å². The highest BCUT2D eigenvalue weighted by molar-refractivity contribution is 4.62. The van der Waals surface area contributed by atoms with Gasteiger partial charge in [0, 0.05) is 27.6 Å². The molecule has 44 valence electrons. The van der Waals surface area contributed by atoms with Crippen LogP contribution in [0.1, 0.15) is 1.43 Å². The molecule has 2 nitrogen and oxygen atoms in total. The van der Waals surface area contributed by atoms with Gasteiger partial charge in [0.1, 0.15) is 0 Å². The molecule has 1 aliphatic rings. The quantitative estimate of drug-likeness (QED) is 0.454. The summed E-state index contributed by atoms with van der Waals surface area (Å²) in [6.45, 7) is 4.74. The minimum absolute atomic E-state index is 0. The number of hydrogen-bond donors (Lipinski definition) is 1. The Balaban J connectivity index is 0.000000490. The minimum atomic E-state index is 0. The predicted octanol–water partition coefficient (Wildman–Crippen LogP) is -0.233. The summed E-state index contributed by atoms with van der Waals surface area (Å²) in [6.07, 6.45) is 0. The smallest absolute Gasteiger partial charge is 0.0104 e. The molecule has 0 unspecified atom stereocenters. The Labute approximate surface area is 46.0 Å². The van der Waals surface area contributed by atoms with Crippen LogP contribution in [0.3, 0.4) is 0 Å². The Morgan fingerprint density at radius 3 is 2.29 bits per heavy atom. The number of hydrogen-bond acceptors (Lipinski definition) is 2. The average Bonchev–Trinajstić information content (AvgIpc) is 1.69. The molecule has 0 amide bonds. The Morgan fingerprint density at radius 2 is 2.00 bits per heavy atom. The molecule has 0 spiro atoms. The van der Waals surface area contributed by atoms with Crippen LogP contribution in [0.2, 0.25) is 0 Å². The van der Waals surface area contributed by atoms with E-state index in [0.29, 0.717) is 0 Å². The van der Waals surface area contributed by atoms with Gasteiger partial charge in [-0.05, 0) is 7.05 Å². The van der Waals surface area contributed by atoms with Gasteiger partial charge in [-0.2, -0.15) is 0 Å². The molecule has 1 saturated heterocycles. The van der Waals surface area contributed by atoms with Gasteiger partial charge < -0.3 is 10.2 Å². The van der Waals surface area contributed by atoms with E-state index in [4.69, 9.17) is 0 Å². The van der Waals surface area contributed by atoms with Gasteiger partial charge in [0.05, 0.1) is 0 Å². The molecule has 1 fully saturated rings. The fourth-order valence-electron chi connectivity index (χ4n) is 0.777. The molecule has 1 N–H and O–H groups in total. The molecule has 1 rings (SSSR count). The van der Waals surface area contributed by atoms with Crippen molar-refractivity contribution in [2.24, 2.45) is 0 Å². The van der Waals surface area contributed by atoms with Crippen LogP contribution in [0.15, 0.2) is 0 Å². The van der Waals surface area contributed by atoms with Crippen LogP contribution >= 0.6 is 0 Å². The molecule has 7 heavy (non-hydrogen) atoms. The van der Waals surface area contributed by atoms with E-state index in [0.717, 1.165) is 13.1 Å². The summed E-state index contributed by atoms with van der Waals surface area (Å²) in [6, 6.07) is 0. The average molecular weight is 102 g/mol. The first-order chi connectivity index (χ1) is 3.39. The summed E-state index contributed by atoms with van der Waals surface area (Å²) in [5, 5.41) is 3.27. The van der Waals surface area contributed by atoms with Crippen LogP contribution in [0.4, 0.5) is 0 Å². The second kappa shape index (κ2) is 2.28. The van der Waals surface area contributed by atoms with Crippen molar-refractivity contribution in [1.29, 1.82) is 0 Å². The van der Waals surface area contributed by atoms with Gasteiger partial charge in [0.2, 0.25) is 0 Å². The Hall–Kier alpha value is -0.0800. The molecular formula is C5H14N2. The lowest BCUT2D eigenvalue weighted by Crippen LogP contribution is -2.40. The van der Waals surface area contributed by atoms with Crippen molar-refractivity contribution < 1.29 is 1.43 Å². The maximum Gasteiger partial charge on any atom is 0.0104 e. The fourth-order valence-corrected chi connectivity index (χ4v) is 0.777. The Morgan fingerprint density at radius 1 is 1.43 bits per heavy atom. The third-order valence-corrected chi connectivity index (χ3v) is 1.34. The van der Waals surface area contributed by atoms with Gasteiger partial charge in [0.15, 0.2) is 0 Å². The van der Waals surface area contributed by atoms with E-state index in [1.165, 1.54) is 13.1 Å². The Kier molecular flexibility index (Phi) is 1.65. The predicted molar refractivity (Wildman–Crippen MR) is 32.5 cm³/mol. The summed E-state index contributed by atoms with van der Waals surface area (Å²) in [7, 11) is 2.15. The standard InChI is InChI=1S/C5H12N2.H2/c1-7-4-2-6-3-5-7;/h6H,2-5H2,1H3;1H. The maximum absolute atomic E-state index is 3.27. The third kappa shape index (κ3) is 1.45. The van der Waals surface area contributed by atoms with Crippen molar-refractivity contribution >= 4 is 0 Å². The van der Waals surface area contributed by atoms with E-state index < -0.39 is 0 Å². The topological polar surface area (TPSA) is 15.3 Å². The summed E-state index contributed by atoms with van der Waals surface area (Å²) in [5.41, 5.74) is 0. The van der Waals surface area contributed by atoms with Crippen molar-refractivity contribution in [3.05, 3.63) is 0 Å². The van der Waals surface area contributed by atoms with E-state index >= 15 is 0 Å². The summed E-state index contributed by atoms with van der Waals surface area (Å²) < 4.78 is 0. The highest BCUT2D eigenvalue weighted by Gasteiger charge is 2.01. The second-order valence-corrected chi connectivity index (χ2v) is 2.05. The van der Waals surface area contributed by atoms with Crippen molar-refractivity contribution in [3.63, 3.8) is 0 Å². The Bertz CT molecular complexity index is 52.4. The molecule has 0 radical (unpaired) electrons. The first-order valence-electron chi connectivity index (χ1n) is 2.79. The lowest BCUT2D eigenvalue weighted by molar-refractivity contribution is 0.291. The minimum Gasteiger partial charge on any atom is -0.314 e. The number of likely N-dealkylation sites (N-methyl/N-ethyl adjacent to an activating group) is 1. The summed E-state index contributed by atoms with van der Waals surface area (Å²) in [5.74, 6) is 0. The molecule has 0 saturated carbocycles. The van der Waals surface area contributed by atoms with Crippen molar-refractivity contribution in [3.8, 4) is 0 Å². The molecule has 1 heterocycles. The van der Waals surface area contributed by atoms with Crippen LogP contribution in [-0.2, 0) is 0 Å². The number of nitrogens with zero attached hydrogens (tertiary/aromatic N) is 1. The molecule has 1 aliphatic heterocycles. The third-order valence-electron chi connectivity index (χ3n) is 1.34. The number of nitrogens with one attached hydrogen (secondary N) is 1. The van der Waals surface area contributed by atoms with Gasteiger partial charge in [-0.25, -0.2) is 0 Å². The molecule has 0 aliphatic carbocycles. The first kappa shape index (κ1) is 5.06.